The van der Waals surface area contributed by atoms with Crippen molar-refractivity contribution < 1.29 is 9.90 Å². The summed E-state index contributed by atoms with van der Waals surface area (Å²) in [7, 11) is 3.26. The van der Waals surface area contributed by atoms with E-state index < -0.39 is 11.9 Å². The van der Waals surface area contributed by atoms with Gasteiger partial charge in [0.15, 0.2) is 12.0 Å². The van der Waals surface area contributed by atoms with Crippen molar-refractivity contribution in [3.8, 4) is 17.4 Å². The second-order valence-electron chi connectivity index (χ2n) is 10.6. The Hall–Kier alpha value is -6.27. The Labute approximate surface area is 261 Å². The van der Waals surface area contributed by atoms with Crippen LogP contribution < -0.4 is 21.9 Å². The van der Waals surface area contributed by atoms with Crippen LogP contribution in [0.3, 0.4) is 0 Å². The van der Waals surface area contributed by atoms with E-state index in [1.54, 1.807) is 90.3 Å². The van der Waals surface area contributed by atoms with Crippen molar-refractivity contribution in [2.24, 2.45) is 14.1 Å². The predicted molar refractivity (Wildman–Crippen MR) is 169 cm³/mol. The molecule has 1 unspecified atom stereocenters. The van der Waals surface area contributed by atoms with Gasteiger partial charge in [-0.25, -0.2) is 23.7 Å². The van der Waals surface area contributed by atoms with E-state index in [2.05, 4.69) is 25.7 Å². The third-order valence-corrected chi connectivity index (χ3v) is 7.38. The molecule has 6 aromatic rings. The molecular formula is C31H29N11O4. The molecule has 232 valence electrons. The lowest BCUT2D eigenvalue weighted by molar-refractivity contribution is 0.102. The zero-order valence-corrected chi connectivity index (χ0v) is 25.3. The van der Waals surface area contributed by atoms with Crippen LogP contribution in [0.5, 0.6) is 0 Å². The highest BCUT2D eigenvalue weighted by molar-refractivity contribution is 6.04. The molecule has 46 heavy (non-hydrogen) atoms. The summed E-state index contributed by atoms with van der Waals surface area (Å²) in [4.78, 5) is 47.9. The van der Waals surface area contributed by atoms with Gasteiger partial charge < -0.3 is 20.3 Å². The summed E-state index contributed by atoms with van der Waals surface area (Å²) in [6, 6.07) is 16.8. The molecule has 3 N–H and O–H groups in total. The van der Waals surface area contributed by atoms with Gasteiger partial charge in [-0.1, -0.05) is 6.07 Å². The number of nitrogens with one attached hydrogen (secondary N) is 2. The van der Waals surface area contributed by atoms with Gasteiger partial charge in [-0.2, -0.15) is 5.26 Å². The fraction of sp³-hybridized carbons (Fsp3) is 0.194. The first-order valence-electron chi connectivity index (χ1n) is 14.2. The molecule has 1 atom stereocenters. The highest BCUT2D eigenvalue weighted by atomic mass is 16.3. The zero-order chi connectivity index (χ0) is 32.7. The molecule has 0 radical (unpaired) electrons. The van der Waals surface area contributed by atoms with E-state index in [1.165, 1.54) is 16.3 Å². The molecule has 0 spiro atoms. The minimum absolute atomic E-state index is 0.0628. The Morgan fingerprint density at radius 3 is 2.50 bits per heavy atom. The molecule has 0 fully saturated rings. The van der Waals surface area contributed by atoms with E-state index in [4.69, 9.17) is 0 Å². The first-order valence-corrected chi connectivity index (χ1v) is 14.2. The van der Waals surface area contributed by atoms with Gasteiger partial charge in [0.05, 0.1) is 28.6 Å². The summed E-state index contributed by atoms with van der Waals surface area (Å²) < 4.78 is 7.18. The van der Waals surface area contributed by atoms with Crippen molar-refractivity contribution in [2.75, 3.05) is 10.6 Å². The van der Waals surface area contributed by atoms with Crippen LogP contribution in [0.25, 0.3) is 22.3 Å². The minimum atomic E-state index is -1.34. The average Bonchev–Trinajstić information content (AvgIpc) is 3.68. The number of aliphatic hydroxyl groups excluding tert-OH is 1. The topological polar surface area (TPSA) is 183 Å². The van der Waals surface area contributed by atoms with E-state index in [1.807, 2.05) is 13.0 Å². The molecule has 15 heteroatoms. The third kappa shape index (κ3) is 5.22. The number of fused-ring (bicyclic) bond motifs is 1. The molecule has 4 heterocycles. The molecule has 4 aromatic heterocycles. The lowest BCUT2D eigenvalue weighted by Gasteiger charge is -2.18. The number of imidazole rings is 1. The number of hydrogen-bond acceptors (Lipinski definition) is 9. The number of amides is 1. The van der Waals surface area contributed by atoms with Crippen LogP contribution in [0.2, 0.25) is 0 Å². The number of nitriles is 1. The van der Waals surface area contributed by atoms with Crippen LogP contribution in [0.1, 0.15) is 40.7 Å². The molecular weight excluding hydrogens is 590 g/mol. The maximum Gasteiger partial charge on any atom is 0.351 e. The van der Waals surface area contributed by atoms with E-state index in [0.29, 0.717) is 51.6 Å². The van der Waals surface area contributed by atoms with Gasteiger partial charge in [0.1, 0.15) is 11.8 Å². The smallest absolute Gasteiger partial charge is 0.351 e. The fourth-order valence-corrected chi connectivity index (χ4v) is 5.35. The Morgan fingerprint density at radius 2 is 1.83 bits per heavy atom. The summed E-state index contributed by atoms with van der Waals surface area (Å²) in [5.74, 6) is -0.0212. The molecule has 0 aliphatic carbocycles. The van der Waals surface area contributed by atoms with Crippen molar-refractivity contribution in [1.29, 1.82) is 5.26 Å². The molecule has 0 aliphatic heterocycles. The quantitative estimate of drug-likeness (QED) is 0.215. The summed E-state index contributed by atoms with van der Waals surface area (Å²) in [5, 5.41) is 30.9. The number of carbonyl (C=O) groups is 1. The van der Waals surface area contributed by atoms with E-state index in [9.17, 15) is 24.8 Å². The number of nitrogens with zero attached hydrogens (tertiary/aromatic N) is 9. The maximum atomic E-state index is 13.8. The number of aryl methyl sites for hydroxylation is 4. The standard InChI is InChI=1S/C31H29N11O4/c1-5-40-27-23(30(45)42(40)22-11-9-21(10-12-22)41-25(15-32)37-39(4)31(41)46)13-18(2)34-26(27)29(44)35-20-8-6-7-19(14-20)28(43)36-24-16-38(3)17-33-24/h6-14,16-17,29,35,44H,5H2,1-4H3,(H,36,43). The SMILES string of the molecule is CCn1c2c(C(O)Nc3cccc(C(=O)Nc4cn(C)cn4)c3)nc(C)cc2c(=O)n1-c1ccc(-n2c(C#N)nn(C)c2=O)cc1. The zero-order valence-electron chi connectivity index (χ0n) is 25.3. The van der Waals surface area contributed by atoms with Gasteiger partial charge in [0.2, 0.25) is 5.82 Å². The van der Waals surface area contributed by atoms with Crippen molar-refractivity contribution in [2.45, 2.75) is 26.6 Å². The largest absolute Gasteiger partial charge is 0.368 e. The highest BCUT2D eigenvalue weighted by Gasteiger charge is 2.23. The number of rotatable bonds is 8. The molecule has 0 aliphatic rings. The first-order chi connectivity index (χ1) is 22.1. The van der Waals surface area contributed by atoms with Crippen LogP contribution in [0, 0.1) is 18.3 Å². The Morgan fingerprint density at radius 1 is 1.09 bits per heavy atom. The van der Waals surface area contributed by atoms with Crippen LogP contribution in [-0.2, 0) is 20.6 Å². The Kier molecular flexibility index (Phi) is 7.56. The number of pyridine rings is 1. The van der Waals surface area contributed by atoms with Gasteiger partial charge >= 0.3 is 5.69 Å². The molecule has 0 saturated carbocycles. The average molecular weight is 620 g/mol. The van der Waals surface area contributed by atoms with Crippen molar-refractivity contribution >= 4 is 28.3 Å². The number of carbonyl (C=O) groups excluding carboxylic acids is 1. The van der Waals surface area contributed by atoms with Crippen molar-refractivity contribution in [3.63, 3.8) is 0 Å². The fourth-order valence-electron chi connectivity index (χ4n) is 5.35. The second-order valence-corrected chi connectivity index (χ2v) is 10.6. The third-order valence-electron chi connectivity index (χ3n) is 7.38. The van der Waals surface area contributed by atoms with Crippen LogP contribution in [-0.4, -0.2) is 49.3 Å². The Balaban J connectivity index is 1.35. The highest BCUT2D eigenvalue weighted by Crippen LogP contribution is 2.26. The van der Waals surface area contributed by atoms with Crippen LogP contribution in [0.15, 0.2) is 76.7 Å². The maximum absolute atomic E-state index is 13.8. The summed E-state index contributed by atoms with van der Waals surface area (Å²) in [6.45, 7) is 3.96. The molecule has 1 amide bonds. The van der Waals surface area contributed by atoms with Gasteiger partial charge in [-0.3, -0.25) is 19.3 Å². The van der Waals surface area contributed by atoms with Gasteiger partial charge in [0.25, 0.3) is 11.5 Å². The second kappa shape index (κ2) is 11.7. The van der Waals surface area contributed by atoms with E-state index >= 15 is 0 Å². The number of anilines is 2. The molecule has 0 saturated heterocycles. The first kappa shape index (κ1) is 29.8. The van der Waals surface area contributed by atoms with Crippen LogP contribution >= 0.6 is 0 Å². The number of hydrogen-bond donors (Lipinski definition) is 3. The predicted octanol–water partition coefficient (Wildman–Crippen LogP) is 2.36. The molecule has 2 aromatic carbocycles. The molecule has 6 rings (SSSR count). The Bertz CT molecular complexity index is 2280. The number of aromatic nitrogens is 8. The number of aliphatic hydroxyl groups is 1. The lowest BCUT2D eigenvalue weighted by atomic mass is 10.1. The van der Waals surface area contributed by atoms with Crippen molar-refractivity contribution in [3.05, 3.63) is 111 Å². The summed E-state index contributed by atoms with van der Waals surface area (Å²) in [6.07, 6.45) is 1.92. The van der Waals surface area contributed by atoms with Crippen LogP contribution in [0.4, 0.5) is 11.5 Å². The normalized spacial score (nSPS) is 11.8. The van der Waals surface area contributed by atoms with Gasteiger partial charge in [-0.15, -0.1) is 5.10 Å². The van der Waals surface area contributed by atoms with Gasteiger partial charge in [-0.05, 0) is 62.4 Å². The van der Waals surface area contributed by atoms with Gasteiger partial charge in [0, 0.05) is 43.8 Å². The monoisotopic (exact) mass is 619 g/mol. The molecule has 15 nitrogen and oxygen atoms in total. The molecule has 0 bridgehead atoms. The summed E-state index contributed by atoms with van der Waals surface area (Å²) in [5.41, 5.74) is 2.11. The van der Waals surface area contributed by atoms with Crippen molar-refractivity contribution in [1.82, 2.24) is 38.2 Å². The number of benzene rings is 2. The lowest BCUT2D eigenvalue weighted by Crippen LogP contribution is -2.23. The van der Waals surface area contributed by atoms with E-state index in [-0.39, 0.29) is 23.0 Å². The minimum Gasteiger partial charge on any atom is -0.368 e. The van der Waals surface area contributed by atoms with E-state index in [0.717, 1.165) is 4.68 Å². The summed E-state index contributed by atoms with van der Waals surface area (Å²) >= 11 is 0.